The van der Waals surface area contributed by atoms with E-state index in [9.17, 15) is 4.79 Å². The molecule has 6 nitrogen and oxygen atoms in total. The molecule has 0 saturated carbocycles. The summed E-state index contributed by atoms with van der Waals surface area (Å²) in [5, 5.41) is 11.6. The van der Waals surface area contributed by atoms with Crippen molar-refractivity contribution < 1.29 is 14.6 Å². The van der Waals surface area contributed by atoms with E-state index < -0.39 is 12.0 Å². The van der Waals surface area contributed by atoms with E-state index in [0.717, 1.165) is 5.56 Å². The number of hydrogen-bond acceptors (Lipinski definition) is 5. The van der Waals surface area contributed by atoms with Crippen molar-refractivity contribution in [2.24, 2.45) is 5.84 Å². The number of hydrogen-bond donors (Lipinski definition) is 4. The SMILES string of the molecule is CNC(Cc1ccc(OCNN)cc1)C(=O)O. The monoisotopic (exact) mass is 239 g/mol. The van der Waals surface area contributed by atoms with Gasteiger partial charge in [-0.1, -0.05) is 12.1 Å². The van der Waals surface area contributed by atoms with Crippen molar-refractivity contribution in [1.29, 1.82) is 0 Å². The Morgan fingerprint density at radius 3 is 2.59 bits per heavy atom. The molecule has 0 amide bonds. The van der Waals surface area contributed by atoms with E-state index in [4.69, 9.17) is 15.7 Å². The lowest BCUT2D eigenvalue weighted by atomic mass is 10.1. The summed E-state index contributed by atoms with van der Waals surface area (Å²) in [6, 6.07) is 6.65. The predicted molar refractivity (Wildman–Crippen MR) is 63.4 cm³/mol. The van der Waals surface area contributed by atoms with Crippen LogP contribution in [0.2, 0.25) is 0 Å². The molecule has 0 bridgehead atoms. The van der Waals surface area contributed by atoms with Crippen LogP contribution in [0.5, 0.6) is 5.75 Å². The van der Waals surface area contributed by atoms with Gasteiger partial charge in [-0.2, -0.15) is 0 Å². The number of carboxylic acids is 1. The molecule has 1 aromatic carbocycles. The second-order valence-corrected chi connectivity index (χ2v) is 3.52. The number of hydrazine groups is 1. The summed E-state index contributed by atoms with van der Waals surface area (Å²) < 4.78 is 5.22. The van der Waals surface area contributed by atoms with Crippen LogP contribution in [0, 0.1) is 0 Å². The van der Waals surface area contributed by atoms with Crippen molar-refractivity contribution in [1.82, 2.24) is 10.7 Å². The van der Waals surface area contributed by atoms with Gasteiger partial charge in [0.15, 0.2) is 6.73 Å². The summed E-state index contributed by atoms with van der Waals surface area (Å²) in [4.78, 5) is 10.8. The highest BCUT2D eigenvalue weighted by Gasteiger charge is 2.14. The lowest BCUT2D eigenvalue weighted by Gasteiger charge is -2.11. The minimum Gasteiger partial charge on any atom is -0.480 e. The summed E-state index contributed by atoms with van der Waals surface area (Å²) in [7, 11) is 1.63. The fourth-order valence-corrected chi connectivity index (χ4v) is 1.40. The zero-order chi connectivity index (χ0) is 12.7. The summed E-state index contributed by atoms with van der Waals surface area (Å²) in [6.45, 7) is 0.230. The van der Waals surface area contributed by atoms with Crippen LogP contribution in [0.3, 0.4) is 0 Å². The maximum atomic E-state index is 10.8. The van der Waals surface area contributed by atoms with E-state index >= 15 is 0 Å². The van der Waals surface area contributed by atoms with Crippen LogP contribution in [-0.2, 0) is 11.2 Å². The molecule has 94 valence electrons. The van der Waals surface area contributed by atoms with Gasteiger partial charge in [-0.25, -0.2) is 5.43 Å². The Labute approximate surface area is 99.7 Å². The standard InChI is InChI=1S/C11H17N3O3/c1-13-10(11(15)16)6-8-2-4-9(5-3-8)17-7-14-12/h2-5,10,13-14H,6-7,12H2,1H3,(H,15,16). The van der Waals surface area contributed by atoms with Gasteiger partial charge >= 0.3 is 5.97 Å². The number of benzene rings is 1. The maximum Gasteiger partial charge on any atom is 0.321 e. The van der Waals surface area contributed by atoms with Crippen LogP contribution in [0.1, 0.15) is 5.56 Å². The lowest BCUT2D eigenvalue weighted by molar-refractivity contribution is -0.139. The van der Waals surface area contributed by atoms with Crippen LogP contribution in [0.25, 0.3) is 0 Å². The highest BCUT2D eigenvalue weighted by atomic mass is 16.5. The molecule has 0 aliphatic heterocycles. The number of aliphatic carboxylic acids is 1. The third-order valence-corrected chi connectivity index (χ3v) is 2.33. The summed E-state index contributed by atoms with van der Waals surface area (Å²) in [6.07, 6.45) is 0.432. The normalized spacial score (nSPS) is 12.1. The zero-order valence-electron chi connectivity index (χ0n) is 9.64. The van der Waals surface area contributed by atoms with Gasteiger partial charge in [0.25, 0.3) is 0 Å². The minimum atomic E-state index is -0.861. The third-order valence-electron chi connectivity index (χ3n) is 2.33. The Balaban J connectivity index is 2.58. The fraction of sp³-hybridized carbons (Fsp3) is 0.364. The van der Waals surface area contributed by atoms with E-state index in [2.05, 4.69) is 10.7 Å². The van der Waals surface area contributed by atoms with Gasteiger partial charge in [-0.15, -0.1) is 0 Å². The minimum absolute atomic E-state index is 0.230. The Kier molecular flexibility index (Phi) is 5.41. The fourth-order valence-electron chi connectivity index (χ4n) is 1.40. The summed E-state index contributed by atoms with van der Waals surface area (Å²) in [5.41, 5.74) is 3.31. The molecular formula is C11H17N3O3. The number of ether oxygens (including phenoxy) is 1. The molecule has 1 rings (SSSR count). The number of likely N-dealkylation sites (N-methyl/N-ethyl adjacent to an activating group) is 1. The average molecular weight is 239 g/mol. The first-order valence-corrected chi connectivity index (χ1v) is 5.22. The molecule has 0 saturated heterocycles. The van der Waals surface area contributed by atoms with Crippen LogP contribution < -0.4 is 21.3 Å². The van der Waals surface area contributed by atoms with Crippen LogP contribution in [0.15, 0.2) is 24.3 Å². The van der Waals surface area contributed by atoms with E-state index in [1.807, 2.05) is 12.1 Å². The molecule has 1 aromatic rings. The van der Waals surface area contributed by atoms with Crippen molar-refractivity contribution >= 4 is 5.97 Å². The first-order chi connectivity index (χ1) is 8.17. The maximum absolute atomic E-state index is 10.8. The number of carboxylic acid groups (broad SMARTS) is 1. The van der Waals surface area contributed by atoms with Crippen molar-refractivity contribution in [3.05, 3.63) is 29.8 Å². The molecule has 17 heavy (non-hydrogen) atoms. The number of nitrogens with one attached hydrogen (secondary N) is 2. The molecule has 0 spiro atoms. The second-order valence-electron chi connectivity index (χ2n) is 3.52. The van der Waals surface area contributed by atoms with Crippen LogP contribution >= 0.6 is 0 Å². The molecular weight excluding hydrogens is 222 g/mol. The van der Waals surface area contributed by atoms with E-state index in [1.54, 1.807) is 19.2 Å². The molecule has 6 heteroatoms. The van der Waals surface area contributed by atoms with E-state index in [1.165, 1.54) is 0 Å². The molecule has 0 aliphatic rings. The smallest absolute Gasteiger partial charge is 0.321 e. The highest BCUT2D eigenvalue weighted by Crippen LogP contribution is 2.13. The van der Waals surface area contributed by atoms with Crippen molar-refractivity contribution in [3.63, 3.8) is 0 Å². The molecule has 0 radical (unpaired) electrons. The molecule has 0 aromatic heterocycles. The molecule has 1 atom stereocenters. The molecule has 0 heterocycles. The van der Waals surface area contributed by atoms with Crippen molar-refractivity contribution in [3.8, 4) is 5.75 Å². The average Bonchev–Trinajstić information content (AvgIpc) is 2.34. The van der Waals surface area contributed by atoms with Gasteiger partial charge < -0.3 is 15.2 Å². The first kappa shape index (κ1) is 13.4. The number of rotatable bonds is 7. The number of carbonyl (C=O) groups is 1. The zero-order valence-corrected chi connectivity index (χ0v) is 9.64. The Hall–Kier alpha value is -1.63. The highest BCUT2D eigenvalue weighted by molar-refractivity contribution is 5.73. The predicted octanol–water partition coefficient (Wildman–Crippen LogP) is -0.299. The topological polar surface area (TPSA) is 96.6 Å². The summed E-state index contributed by atoms with van der Waals surface area (Å²) in [5.74, 6) is 4.90. The van der Waals surface area contributed by atoms with Gasteiger partial charge in [0.2, 0.25) is 0 Å². The first-order valence-electron chi connectivity index (χ1n) is 5.22. The van der Waals surface area contributed by atoms with E-state index in [0.29, 0.717) is 12.2 Å². The Bertz CT molecular complexity index is 353. The second kappa shape index (κ2) is 6.85. The Morgan fingerprint density at radius 1 is 1.47 bits per heavy atom. The summed E-state index contributed by atoms with van der Waals surface area (Å²) >= 11 is 0. The molecule has 1 unspecified atom stereocenters. The lowest BCUT2D eigenvalue weighted by Crippen LogP contribution is -2.35. The largest absolute Gasteiger partial charge is 0.480 e. The van der Waals surface area contributed by atoms with Gasteiger partial charge in [0.05, 0.1) is 0 Å². The molecule has 0 fully saturated rings. The van der Waals surface area contributed by atoms with Gasteiger partial charge in [-0.3, -0.25) is 10.6 Å². The Morgan fingerprint density at radius 2 is 2.12 bits per heavy atom. The quantitative estimate of drug-likeness (QED) is 0.296. The van der Waals surface area contributed by atoms with Gasteiger partial charge in [0, 0.05) is 0 Å². The third kappa shape index (κ3) is 4.39. The van der Waals surface area contributed by atoms with E-state index in [-0.39, 0.29) is 6.73 Å². The van der Waals surface area contributed by atoms with Crippen LogP contribution in [-0.4, -0.2) is 30.9 Å². The van der Waals surface area contributed by atoms with Gasteiger partial charge in [0.1, 0.15) is 11.8 Å². The number of nitrogens with two attached hydrogens (primary N) is 1. The van der Waals surface area contributed by atoms with Crippen molar-refractivity contribution in [2.75, 3.05) is 13.8 Å². The molecule has 5 N–H and O–H groups in total. The van der Waals surface area contributed by atoms with Crippen LogP contribution in [0.4, 0.5) is 0 Å². The molecule has 0 aliphatic carbocycles. The van der Waals surface area contributed by atoms with Crippen molar-refractivity contribution in [2.45, 2.75) is 12.5 Å². The van der Waals surface area contributed by atoms with Gasteiger partial charge in [-0.05, 0) is 31.2 Å².